The van der Waals surface area contributed by atoms with E-state index >= 15 is 0 Å². The largest absolute Gasteiger partial charge is 0.457 e. The Morgan fingerprint density at radius 3 is 2.87 bits per heavy atom. The third-order valence-corrected chi connectivity index (χ3v) is 3.38. The van der Waals surface area contributed by atoms with Gasteiger partial charge in [-0.3, -0.25) is 10.1 Å². The lowest BCUT2D eigenvalue weighted by Gasteiger charge is -2.03. The van der Waals surface area contributed by atoms with E-state index < -0.39 is 10.9 Å². The van der Waals surface area contributed by atoms with E-state index in [1.807, 2.05) is 0 Å². The summed E-state index contributed by atoms with van der Waals surface area (Å²) in [7, 11) is 0. The second-order valence-corrected chi connectivity index (χ2v) is 3.99. The molecule has 0 spiro atoms. The van der Waals surface area contributed by atoms with Gasteiger partial charge in [-0.15, -0.1) is 0 Å². The fraction of sp³-hybridized carbons (Fsp3) is 0.222. The van der Waals surface area contributed by atoms with Gasteiger partial charge in [0.15, 0.2) is 0 Å². The van der Waals surface area contributed by atoms with Crippen LogP contribution in [0.2, 0.25) is 0 Å². The van der Waals surface area contributed by atoms with Crippen LogP contribution < -0.4 is 0 Å². The van der Waals surface area contributed by atoms with Crippen molar-refractivity contribution in [2.45, 2.75) is 13.5 Å². The molecule has 1 aromatic carbocycles. The molecule has 0 bridgehead atoms. The molecule has 1 aromatic rings. The highest BCUT2D eigenvalue weighted by Gasteiger charge is 2.29. The molecule has 5 nitrogen and oxygen atoms in total. The third-order valence-electron chi connectivity index (χ3n) is 2.38. The molecule has 0 saturated heterocycles. The molecule has 0 N–H and O–H groups in total. The first-order valence-corrected chi connectivity index (χ1v) is 4.95. The first kappa shape index (κ1) is 10.1. The first-order chi connectivity index (χ1) is 7.02. The molecule has 78 valence electrons. The number of cyclic esters (lactones) is 1. The van der Waals surface area contributed by atoms with E-state index in [1.165, 1.54) is 6.07 Å². The van der Waals surface area contributed by atoms with Crippen LogP contribution in [-0.4, -0.2) is 10.9 Å². The lowest BCUT2D eigenvalue weighted by molar-refractivity contribution is -0.385. The highest BCUT2D eigenvalue weighted by Crippen LogP contribution is 2.36. The Morgan fingerprint density at radius 1 is 1.60 bits per heavy atom. The van der Waals surface area contributed by atoms with Gasteiger partial charge in [0.2, 0.25) is 0 Å². The predicted octanol–water partition coefficient (Wildman–Crippen LogP) is 2.34. The minimum atomic E-state index is -0.525. The van der Waals surface area contributed by atoms with Crippen LogP contribution in [-0.2, 0) is 11.3 Å². The van der Waals surface area contributed by atoms with E-state index in [2.05, 4.69) is 15.9 Å². The topological polar surface area (TPSA) is 69.4 Å². The molecule has 0 amide bonds. The number of ether oxygens (including phenoxy) is 1. The van der Waals surface area contributed by atoms with Crippen LogP contribution in [0, 0.1) is 17.0 Å². The molecule has 0 aromatic heterocycles. The van der Waals surface area contributed by atoms with Crippen molar-refractivity contribution < 1.29 is 14.5 Å². The molecule has 2 rings (SSSR count). The fourth-order valence-corrected chi connectivity index (χ4v) is 2.03. The van der Waals surface area contributed by atoms with E-state index in [-0.39, 0.29) is 12.3 Å². The highest BCUT2D eigenvalue weighted by molar-refractivity contribution is 9.10. The van der Waals surface area contributed by atoms with E-state index in [9.17, 15) is 14.9 Å². The Morgan fingerprint density at radius 2 is 2.27 bits per heavy atom. The Balaban J connectivity index is 2.74. The van der Waals surface area contributed by atoms with Crippen molar-refractivity contribution >= 4 is 27.6 Å². The van der Waals surface area contributed by atoms with E-state index in [0.29, 0.717) is 15.6 Å². The second kappa shape index (κ2) is 3.30. The van der Waals surface area contributed by atoms with E-state index in [0.717, 1.165) is 5.56 Å². The second-order valence-electron chi connectivity index (χ2n) is 3.19. The molecule has 1 heterocycles. The Kier molecular flexibility index (Phi) is 2.22. The molecule has 1 aliphatic rings. The van der Waals surface area contributed by atoms with Crippen LogP contribution in [0.5, 0.6) is 0 Å². The summed E-state index contributed by atoms with van der Waals surface area (Å²) in [6.45, 7) is 1.91. The van der Waals surface area contributed by atoms with Crippen molar-refractivity contribution in [3.63, 3.8) is 0 Å². The summed E-state index contributed by atoms with van der Waals surface area (Å²) in [5.41, 5.74) is 1.59. The van der Waals surface area contributed by atoms with Gasteiger partial charge in [0.25, 0.3) is 5.69 Å². The number of benzene rings is 1. The number of hydrogen-bond donors (Lipinski definition) is 0. The maximum absolute atomic E-state index is 11.2. The maximum Gasteiger partial charge on any atom is 0.339 e. The van der Waals surface area contributed by atoms with E-state index in [4.69, 9.17) is 4.74 Å². The summed E-state index contributed by atoms with van der Waals surface area (Å²) in [5.74, 6) is -0.497. The van der Waals surface area contributed by atoms with Crippen molar-refractivity contribution in [1.82, 2.24) is 0 Å². The quantitative estimate of drug-likeness (QED) is 0.447. The van der Waals surface area contributed by atoms with Crippen LogP contribution in [0.25, 0.3) is 0 Å². The summed E-state index contributed by atoms with van der Waals surface area (Å²) in [6.07, 6.45) is 0. The molecule has 0 aliphatic carbocycles. The number of carbonyl (C=O) groups is 1. The fourth-order valence-electron chi connectivity index (χ4n) is 1.53. The third kappa shape index (κ3) is 1.41. The van der Waals surface area contributed by atoms with Crippen molar-refractivity contribution in [3.8, 4) is 0 Å². The SMILES string of the molecule is Cc1c(Br)c([N+](=O)[O-])cc2c1COC2=O. The monoisotopic (exact) mass is 271 g/mol. The van der Waals surface area contributed by atoms with Gasteiger partial charge < -0.3 is 4.74 Å². The first-order valence-electron chi connectivity index (χ1n) is 4.16. The van der Waals surface area contributed by atoms with Crippen LogP contribution in [0.4, 0.5) is 5.69 Å². The van der Waals surface area contributed by atoms with Gasteiger partial charge in [0, 0.05) is 11.6 Å². The predicted molar refractivity (Wildman–Crippen MR) is 54.7 cm³/mol. The van der Waals surface area contributed by atoms with Gasteiger partial charge in [0.05, 0.1) is 15.0 Å². The Hall–Kier alpha value is -1.43. The summed E-state index contributed by atoms with van der Waals surface area (Å²) < 4.78 is 5.22. The van der Waals surface area contributed by atoms with Crippen LogP contribution in [0.3, 0.4) is 0 Å². The summed E-state index contributed by atoms with van der Waals surface area (Å²) in [6, 6.07) is 1.25. The zero-order valence-corrected chi connectivity index (χ0v) is 9.33. The number of nitro groups is 1. The molecule has 0 unspecified atom stereocenters. The van der Waals surface area contributed by atoms with Gasteiger partial charge in [-0.25, -0.2) is 4.79 Å². The molecule has 0 radical (unpaired) electrons. The minimum Gasteiger partial charge on any atom is -0.457 e. The standard InChI is InChI=1S/C9H6BrNO4/c1-4-6-3-15-9(12)5(6)2-7(8(4)10)11(13)14/h2H,3H2,1H3. The molecule has 15 heavy (non-hydrogen) atoms. The smallest absolute Gasteiger partial charge is 0.339 e. The van der Waals surface area contributed by atoms with Crippen molar-refractivity contribution in [3.05, 3.63) is 37.3 Å². The minimum absolute atomic E-state index is 0.106. The van der Waals surface area contributed by atoms with Crippen LogP contribution in [0.15, 0.2) is 10.5 Å². The summed E-state index contributed by atoms with van der Waals surface area (Å²) in [4.78, 5) is 21.4. The zero-order valence-electron chi connectivity index (χ0n) is 7.74. The van der Waals surface area contributed by atoms with Crippen molar-refractivity contribution in [2.24, 2.45) is 0 Å². The summed E-state index contributed by atoms with van der Waals surface area (Å²) >= 11 is 3.15. The van der Waals surface area contributed by atoms with Crippen molar-refractivity contribution in [1.29, 1.82) is 0 Å². The number of esters is 1. The Labute approximate surface area is 93.3 Å². The maximum atomic E-state index is 11.2. The molecular formula is C9H6BrNO4. The average molecular weight is 272 g/mol. The number of nitro benzene ring substituents is 1. The molecule has 0 fully saturated rings. The summed E-state index contributed by atoms with van der Waals surface area (Å²) in [5, 5.41) is 10.7. The number of rotatable bonds is 1. The van der Waals surface area contributed by atoms with Crippen LogP contribution in [0.1, 0.15) is 21.5 Å². The molecule has 1 aliphatic heterocycles. The van der Waals surface area contributed by atoms with Crippen molar-refractivity contribution in [2.75, 3.05) is 0 Å². The van der Waals surface area contributed by atoms with Crippen LogP contribution >= 0.6 is 15.9 Å². The van der Waals surface area contributed by atoms with E-state index in [1.54, 1.807) is 6.92 Å². The van der Waals surface area contributed by atoms with Gasteiger partial charge >= 0.3 is 5.97 Å². The average Bonchev–Trinajstić information content (AvgIpc) is 2.53. The van der Waals surface area contributed by atoms with Gasteiger partial charge in [-0.05, 0) is 28.4 Å². The highest BCUT2D eigenvalue weighted by atomic mass is 79.9. The van der Waals surface area contributed by atoms with Gasteiger partial charge in [-0.1, -0.05) is 0 Å². The molecular weight excluding hydrogens is 266 g/mol. The van der Waals surface area contributed by atoms with Gasteiger partial charge in [-0.2, -0.15) is 0 Å². The molecule has 0 saturated carbocycles. The zero-order chi connectivity index (χ0) is 11.2. The number of fused-ring (bicyclic) bond motifs is 1. The lowest BCUT2D eigenvalue weighted by Crippen LogP contribution is -1.99. The number of halogens is 1. The Bertz CT molecular complexity index is 483. The molecule has 6 heteroatoms. The lowest BCUT2D eigenvalue weighted by atomic mass is 10.0. The number of hydrogen-bond acceptors (Lipinski definition) is 4. The number of nitrogens with zero attached hydrogens (tertiary/aromatic N) is 1. The van der Waals surface area contributed by atoms with Gasteiger partial charge in [0.1, 0.15) is 6.61 Å². The normalized spacial score (nSPS) is 13.6. The number of carbonyl (C=O) groups excluding carboxylic acids is 1. The molecule has 0 atom stereocenters.